The first kappa shape index (κ1) is 13.2. The van der Waals surface area contributed by atoms with Crippen molar-refractivity contribution in [1.29, 1.82) is 0 Å². The summed E-state index contributed by atoms with van der Waals surface area (Å²) in [6, 6.07) is 0. The van der Waals surface area contributed by atoms with E-state index in [0.29, 0.717) is 12.5 Å². The Morgan fingerprint density at radius 3 is 2.79 bits per heavy atom. The standard InChI is InChI=1S/C14H25N3O2/c1-16-8-5-12(9-16)14-15-18-11-13(19-14)10-17-6-3-2-4-7-17/h12-13H,2-11H2,1H3. The molecule has 5 heteroatoms. The molecule has 2 fully saturated rings. The fraction of sp³-hybridized carbons (Fsp3) is 0.929. The number of piperidine rings is 1. The summed E-state index contributed by atoms with van der Waals surface area (Å²) in [5.41, 5.74) is 0. The Hall–Kier alpha value is -0.810. The molecule has 108 valence electrons. The highest BCUT2D eigenvalue weighted by Crippen LogP contribution is 2.21. The third-order valence-corrected chi connectivity index (χ3v) is 4.35. The Labute approximate surface area is 115 Å². The van der Waals surface area contributed by atoms with Gasteiger partial charge in [0.05, 0.1) is 5.92 Å². The van der Waals surface area contributed by atoms with E-state index in [0.717, 1.165) is 32.0 Å². The van der Waals surface area contributed by atoms with Crippen molar-refractivity contribution in [2.45, 2.75) is 31.8 Å². The second-order valence-corrected chi connectivity index (χ2v) is 6.07. The lowest BCUT2D eigenvalue weighted by molar-refractivity contribution is -0.0149. The molecule has 0 aromatic heterocycles. The second kappa shape index (κ2) is 6.09. The van der Waals surface area contributed by atoms with E-state index in [-0.39, 0.29) is 6.10 Å². The van der Waals surface area contributed by atoms with E-state index in [1.54, 1.807) is 0 Å². The zero-order valence-electron chi connectivity index (χ0n) is 11.9. The maximum atomic E-state index is 6.08. The molecule has 0 spiro atoms. The van der Waals surface area contributed by atoms with Crippen LogP contribution >= 0.6 is 0 Å². The SMILES string of the molecule is CN1CCC(C2=NOCC(CN3CCCCC3)O2)C1. The summed E-state index contributed by atoms with van der Waals surface area (Å²) in [5, 5.41) is 4.14. The number of hydrogen-bond acceptors (Lipinski definition) is 5. The lowest BCUT2D eigenvalue weighted by atomic mass is 10.1. The quantitative estimate of drug-likeness (QED) is 0.769. The molecule has 0 N–H and O–H groups in total. The van der Waals surface area contributed by atoms with Gasteiger partial charge in [-0.15, -0.1) is 0 Å². The van der Waals surface area contributed by atoms with Crippen LogP contribution in [0.15, 0.2) is 5.16 Å². The van der Waals surface area contributed by atoms with Crippen molar-refractivity contribution in [1.82, 2.24) is 9.80 Å². The van der Waals surface area contributed by atoms with Crippen molar-refractivity contribution in [3.63, 3.8) is 0 Å². The van der Waals surface area contributed by atoms with Crippen LogP contribution < -0.4 is 0 Å². The minimum atomic E-state index is 0.163. The van der Waals surface area contributed by atoms with Crippen molar-refractivity contribution in [2.24, 2.45) is 11.1 Å². The minimum absolute atomic E-state index is 0.163. The van der Waals surface area contributed by atoms with Crippen molar-refractivity contribution in [2.75, 3.05) is 46.4 Å². The Kier molecular flexibility index (Phi) is 4.23. The van der Waals surface area contributed by atoms with Crippen LogP contribution in [0.25, 0.3) is 0 Å². The van der Waals surface area contributed by atoms with Crippen molar-refractivity contribution in [3.8, 4) is 0 Å². The van der Waals surface area contributed by atoms with E-state index in [1.807, 2.05) is 0 Å². The lowest BCUT2D eigenvalue weighted by Crippen LogP contribution is -2.43. The van der Waals surface area contributed by atoms with Crippen LogP contribution in [0.4, 0.5) is 0 Å². The summed E-state index contributed by atoms with van der Waals surface area (Å²) in [6.45, 7) is 6.17. The first-order valence-corrected chi connectivity index (χ1v) is 7.58. The number of likely N-dealkylation sites (tertiary alicyclic amines) is 2. The van der Waals surface area contributed by atoms with Gasteiger partial charge in [-0.1, -0.05) is 11.6 Å². The van der Waals surface area contributed by atoms with Gasteiger partial charge in [-0.05, 0) is 45.9 Å². The first-order chi connectivity index (χ1) is 9.31. The average Bonchev–Trinajstić information content (AvgIpc) is 2.87. The smallest absolute Gasteiger partial charge is 0.230 e. The molecule has 3 heterocycles. The monoisotopic (exact) mass is 267 g/mol. The molecule has 0 aliphatic carbocycles. The molecule has 3 aliphatic rings. The van der Waals surface area contributed by atoms with Gasteiger partial charge in [0.15, 0.2) is 6.61 Å². The highest BCUT2D eigenvalue weighted by molar-refractivity contribution is 5.79. The lowest BCUT2D eigenvalue weighted by Gasteiger charge is -2.32. The number of oxime groups is 1. The Bertz CT molecular complexity index is 329. The third-order valence-electron chi connectivity index (χ3n) is 4.35. The molecular formula is C14H25N3O2. The summed E-state index contributed by atoms with van der Waals surface area (Å²) in [6.07, 6.45) is 5.31. The molecule has 2 saturated heterocycles. The molecule has 3 aliphatic heterocycles. The molecule has 2 atom stereocenters. The molecular weight excluding hydrogens is 242 g/mol. The Balaban J connectivity index is 1.50. The van der Waals surface area contributed by atoms with Gasteiger partial charge in [0.2, 0.25) is 5.90 Å². The predicted molar refractivity (Wildman–Crippen MR) is 74.2 cm³/mol. The summed E-state index contributed by atoms with van der Waals surface area (Å²) in [4.78, 5) is 10.2. The Morgan fingerprint density at radius 2 is 2.05 bits per heavy atom. The van der Waals surface area contributed by atoms with Crippen molar-refractivity contribution in [3.05, 3.63) is 0 Å². The van der Waals surface area contributed by atoms with Gasteiger partial charge in [0, 0.05) is 13.1 Å². The van der Waals surface area contributed by atoms with E-state index < -0.39 is 0 Å². The van der Waals surface area contributed by atoms with Crippen LogP contribution in [0.3, 0.4) is 0 Å². The van der Waals surface area contributed by atoms with E-state index in [1.165, 1.54) is 32.4 Å². The van der Waals surface area contributed by atoms with Crippen molar-refractivity contribution < 1.29 is 9.57 Å². The molecule has 3 rings (SSSR count). The summed E-state index contributed by atoms with van der Waals surface area (Å²) in [7, 11) is 2.15. The molecule has 0 amide bonds. The summed E-state index contributed by atoms with van der Waals surface area (Å²) < 4.78 is 6.08. The molecule has 0 bridgehead atoms. The van der Waals surface area contributed by atoms with Crippen LogP contribution in [0.5, 0.6) is 0 Å². The number of ether oxygens (including phenoxy) is 1. The number of nitrogens with zero attached hydrogens (tertiary/aromatic N) is 3. The molecule has 0 saturated carbocycles. The maximum Gasteiger partial charge on any atom is 0.230 e. The fourth-order valence-electron chi connectivity index (χ4n) is 3.24. The van der Waals surface area contributed by atoms with Gasteiger partial charge >= 0.3 is 0 Å². The van der Waals surface area contributed by atoms with Crippen molar-refractivity contribution >= 4 is 5.90 Å². The number of hydrogen-bond donors (Lipinski definition) is 0. The molecule has 19 heavy (non-hydrogen) atoms. The van der Waals surface area contributed by atoms with Gasteiger partial charge in [-0.2, -0.15) is 0 Å². The Morgan fingerprint density at radius 1 is 1.21 bits per heavy atom. The van der Waals surface area contributed by atoms with Crippen LogP contribution in [0.1, 0.15) is 25.7 Å². The van der Waals surface area contributed by atoms with E-state index in [2.05, 4.69) is 22.0 Å². The zero-order chi connectivity index (χ0) is 13.1. The topological polar surface area (TPSA) is 37.3 Å². The second-order valence-electron chi connectivity index (χ2n) is 6.07. The van der Waals surface area contributed by atoms with Crippen LogP contribution in [0, 0.1) is 5.92 Å². The number of rotatable bonds is 3. The third kappa shape index (κ3) is 3.39. The fourth-order valence-corrected chi connectivity index (χ4v) is 3.24. The first-order valence-electron chi connectivity index (χ1n) is 7.58. The van der Waals surface area contributed by atoms with E-state index in [4.69, 9.17) is 9.57 Å². The largest absolute Gasteiger partial charge is 0.470 e. The summed E-state index contributed by atoms with van der Waals surface area (Å²) in [5.74, 6) is 1.26. The minimum Gasteiger partial charge on any atom is -0.470 e. The van der Waals surface area contributed by atoms with E-state index >= 15 is 0 Å². The normalized spacial score (nSPS) is 33.6. The molecule has 0 aromatic carbocycles. The molecule has 5 nitrogen and oxygen atoms in total. The highest BCUT2D eigenvalue weighted by atomic mass is 16.7. The van der Waals surface area contributed by atoms with Gasteiger partial charge in [-0.3, -0.25) is 4.90 Å². The maximum absolute atomic E-state index is 6.08. The van der Waals surface area contributed by atoms with Gasteiger partial charge in [0.25, 0.3) is 0 Å². The van der Waals surface area contributed by atoms with Gasteiger partial charge in [0.1, 0.15) is 6.10 Å². The van der Waals surface area contributed by atoms with Crippen LogP contribution in [0.2, 0.25) is 0 Å². The van der Waals surface area contributed by atoms with Crippen LogP contribution in [-0.2, 0) is 9.57 Å². The molecule has 0 aromatic rings. The zero-order valence-corrected chi connectivity index (χ0v) is 11.9. The summed E-state index contributed by atoms with van der Waals surface area (Å²) >= 11 is 0. The highest BCUT2D eigenvalue weighted by Gasteiger charge is 2.31. The van der Waals surface area contributed by atoms with Gasteiger partial charge < -0.3 is 14.5 Å². The molecule has 0 radical (unpaired) electrons. The van der Waals surface area contributed by atoms with Crippen LogP contribution in [-0.4, -0.2) is 68.2 Å². The van der Waals surface area contributed by atoms with E-state index in [9.17, 15) is 0 Å². The molecule has 2 unspecified atom stereocenters. The predicted octanol–water partition coefficient (Wildman–Crippen LogP) is 1.15. The average molecular weight is 267 g/mol. The van der Waals surface area contributed by atoms with Gasteiger partial charge in [-0.25, -0.2) is 0 Å².